The Hall–Kier alpha value is -1.45. The summed E-state index contributed by atoms with van der Waals surface area (Å²) in [6.07, 6.45) is 6.87. The van der Waals surface area contributed by atoms with Gasteiger partial charge >= 0.3 is 0 Å². The van der Waals surface area contributed by atoms with Crippen LogP contribution in [-0.2, 0) is 21.9 Å². The maximum Gasteiger partial charge on any atom is 0.244 e. The van der Waals surface area contributed by atoms with Gasteiger partial charge in [0.1, 0.15) is 4.90 Å². The van der Waals surface area contributed by atoms with E-state index in [0.29, 0.717) is 12.1 Å². The van der Waals surface area contributed by atoms with E-state index in [0.717, 1.165) is 25.7 Å². The highest BCUT2D eigenvalue weighted by atomic mass is 32.2. The third-order valence-electron chi connectivity index (χ3n) is 4.79. The number of sulfonamides is 1. The Morgan fingerprint density at radius 2 is 2.09 bits per heavy atom. The Labute approximate surface area is 136 Å². The highest BCUT2D eigenvalue weighted by Crippen LogP contribution is 2.29. The summed E-state index contributed by atoms with van der Waals surface area (Å²) in [5, 5.41) is 7.37. The molecule has 1 amide bonds. The lowest BCUT2D eigenvalue weighted by molar-refractivity contribution is -0.131. The molecule has 2 fully saturated rings. The number of piperidine rings is 1. The second-order valence-electron chi connectivity index (χ2n) is 6.44. The molecule has 2 unspecified atom stereocenters. The summed E-state index contributed by atoms with van der Waals surface area (Å²) in [7, 11) is -0.299. The second kappa shape index (κ2) is 6.21. The lowest BCUT2D eigenvalue weighted by Gasteiger charge is -2.35. The van der Waals surface area contributed by atoms with Gasteiger partial charge in [-0.2, -0.15) is 5.10 Å². The first-order valence-corrected chi connectivity index (χ1v) is 9.33. The van der Waals surface area contributed by atoms with Gasteiger partial charge in [-0.15, -0.1) is 0 Å². The molecular formula is C14H23N5O3S. The number of carbonyl (C=O) groups is 1. The van der Waals surface area contributed by atoms with E-state index in [-0.39, 0.29) is 23.4 Å². The van der Waals surface area contributed by atoms with Crippen molar-refractivity contribution in [3.05, 3.63) is 12.4 Å². The number of aryl methyl sites for hydroxylation is 1. The van der Waals surface area contributed by atoms with Crippen molar-refractivity contribution in [3.8, 4) is 0 Å². The van der Waals surface area contributed by atoms with Gasteiger partial charge in [0.15, 0.2) is 0 Å². The van der Waals surface area contributed by atoms with Crippen LogP contribution in [0, 0.1) is 0 Å². The van der Waals surface area contributed by atoms with Crippen molar-refractivity contribution in [1.29, 1.82) is 0 Å². The molecule has 2 saturated heterocycles. The van der Waals surface area contributed by atoms with Crippen molar-refractivity contribution >= 4 is 15.9 Å². The summed E-state index contributed by atoms with van der Waals surface area (Å²) in [6, 6.07) is 1.16. The van der Waals surface area contributed by atoms with E-state index >= 15 is 0 Å². The first-order chi connectivity index (χ1) is 10.8. The zero-order valence-electron chi connectivity index (χ0n) is 13.4. The summed E-state index contributed by atoms with van der Waals surface area (Å²) in [5.74, 6) is -0.205. The maximum atomic E-state index is 12.3. The van der Waals surface area contributed by atoms with Gasteiger partial charge in [0.25, 0.3) is 0 Å². The Morgan fingerprint density at radius 1 is 1.43 bits per heavy atom. The van der Waals surface area contributed by atoms with Crippen molar-refractivity contribution in [2.24, 2.45) is 7.05 Å². The molecule has 8 nitrogen and oxygen atoms in total. The van der Waals surface area contributed by atoms with Crippen LogP contribution in [0.5, 0.6) is 0 Å². The zero-order valence-corrected chi connectivity index (χ0v) is 14.2. The first kappa shape index (κ1) is 16.4. The molecule has 3 heterocycles. The number of nitrogens with one attached hydrogen (secondary N) is 2. The molecule has 2 bridgehead atoms. The van der Waals surface area contributed by atoms with Gasteiger partial charge in [-0.05, 0) is 25.7 Å². The second-order valence-corrected chi connectivity index (χ2v) is 8.21. The normalized spacial score (nSPS) is 27.1. The van der Waals surface area contributed by atoms with Gasteiger partial charge in [-0.3, -0.25) is 9.48 Å². The molecule has 23 heavy (non-hydrogen) atoms. The maximum absolute atomic E-state index is 12.3. The number of hydrogen-bond acceptors (Lipinski definition) is 5. The van der Waals surface area contributed by atoms with Gasteiger partial charge in [0.05, 0.1) is 12.7 Å². The van der Waals surface area contributed by atoms with Crippen LogP contribution < -0.4 is 10.0 Å². The van der Waals surface area contributed by atoms with Gasteiger partial charge in [0.2, 0.25) is 15.9 Å². The van der Waals surface area contributed by atoms with Crippen LogP contribution in [0.4, 0.5) is 0 Å². The van der Waals surface area contributed by atoms with Crippen molar-refractivity contribution in [2.75, 3.05) is 13.6 Å². The van der Waals surface area contributed by atoms with Crippen LogP contribution in [0.1, 0.15) is 25.7 Å². The summed E-state index contributed by atoms with van der Waals surface area (Å²) < 4.78 is 28.0. The fourth-order valence-electron chi connectivity index (χ4n) is 3.45. The minimum absolute atomic E-state index is 0.0652. The Bertz CT molecular complexity index is 674. The van der Waals surface area contributed by atoms with Crippen LogP contribution in [0.3, 0.4) is 0 Å². The summed E-state index contributed by atoms with van der Waals surface area (Å²) in [4.78, 5) is 14.1. The highest BCUT2D eigenvalue weighted by Gasteiger charge is 2.36. The molecule has 1 aromatic rings. The average molecular weight is 341 g/mol. The molecule has 2 aliphatic rings. The number of nitrogens with zero attached hydrogens (tertiary/aromatic N) is 3. The summed E-state index contributed by atoms with van der Waals surface area (Å²) >= 11 is 0. The molecule has 0 saturated carbocycles. The molecule has 0 aliphatic carbocycles. The molecule has 9 heteroatoms. The monoisotopic (exact) mass is 341 g/mol. The van der Waals surface area contributed by atoms with Crippen LogP contribution in [0.15, 0.2) is 17.3 Å². The minimum atomic E-state index is -3.70. The molecule has 2 atom stereocenters. The summed E-state index contributed by atoms with van der Waals surface area (Å²) in [6.45, 7) is -0.229. The molecule has 1 aromatic heterocycles. The SMILES string of the molecule is CN(C(=O)CNS(=O)(=O)c1cnn(C)c1)C1CC2CCC(C1)N2. The summed E-state index contributed by atoms with van der Waals surface area (Å²) in [5.41, 5.74) is 0. The molecule has 2 N–H and O–H groups in total. The molecule has 2 aliphatic heterocycles. The van der Waals surface area contributed by atoms with Gasteiger partial charge in [-0.1, -0.05) is 0 Å². The number of aromatic nitrogens is 2. The van der Waals surface area contributed by atoms with Gasteiger partial charge in [0, 0.05) is 38.4 Å². The third kappa shape index (κ3) is 3.56. The lowest BCUT2D eigenvalue weighted by Crippen LogP contribution is -2.50. The molecule has 0 radical (unpaired) electrons. The van der Waals surface area contributed by atoms with Gasteiger partial charge in [-0.25, -0.2) is 13.1 Å². The molecule has 0 spiro atoms. The first-order valence-electron chi connectivity index (χ1n) is 7.85. The Kier molecular flexibility index (Phi) is 4.43. The predicted molar refractivity (Wildman–Crippen MR) is 84.1 cm³/mol. The van der Waals surface area contributed by atoms with Crippen molar-refractivity contribution < 1.29 is 13.2 Å². The van der Waals surface area contributed by atoms with E-state index in [1.54, 1.807) is 19.0 Å². The number of fused-ring (bicyclic) bond motifs is 2. The van der Waals surface area contributed by atoms with E-state index in [9.17, 15) is 13.2 Å². The van der Waals surface area contributed by atoms with E-state index < -0.39 is 10.0 Å². The van der Waals surface area contributed by atoms with Crippen LogP contribution in [0.2, 0.25) is 0 Å². The van der Waals surface area contributed by atoms with Crippen molar-refractivity contribution in [1.82, 2.24) is 24.7 Å². The van der Waals surface area contributed by atoms with Crippen LogP contribution >= 0.6 is 0 Å². The standard InChI is InChI=1S/C14H23N5O3S/c1-18-9-13(7-15-18)23(21,22)16-8-14(20)19(2)12-5-10-3-4-11(6-12)17-10/h7,9-12,16-17H,3-6,8H2,1-2H3. The number of carbonyl (C=O) groups excluding carboxylic acids is 1. The number of likely N-dealkylation sites (N-methyl/N-ethyl adjacent to an activating group) is 1. The molecule has 128 valence electrons. The van der Waals surface area contributed by atoms with E-state index in [1.165, 1.54) is 17.1 Å². The smallest absolute Gasteiger partial charge is 0.244 e. The zero-order chi connectivity index (χ0) is 16.6. The van der Waals surface area contributed by atoms with Crippen molar-refractivity contribution in [3.63, 3.8) is 0 Å². The molecule has 0 aromatic carbocycles. The Balaban J connectivity index is 1.56. The fourth-order valence-corrected chi connectivity index (χ4v) is 4.41. The van der Waals surface area contributed by atoms with E-state index in [2.05, 4.69) is 15.1 Å². The van der Waals surface area contributed by atoms with Crippen LogP contribution in [0.25, 0.3) is 0 Å². The average Bonchev–Trinajstić information content (AvgIpc) is 3.10. The van der Waals surface area contributed by atoms with E-state index in [4.69, 9.17) is 0 Å². The third-order valence-corrected chi connectivity index (χ3v) is 6.15. The number of rotatable bonds is 5. The Morgan fingerprint density at radius 3 is 2.65 bits per heavy atom. The largest absolute Gasteiger partial charge is 0.342 e. The fraction of sp³-hybridized carbons (Fsp3) is 0.714. The van der Waals surface area contributed by atoms with E-state index in [1.807, 2.05) is 0 Å². The topological polar surface area (TPSA) is 96.3 Å². The lowest BCUT2D eigenvalue weighted by atomic mass is 9.98. The quantitative estimate of drug-likeness (QED) is 0.748. The number of hydrogen-bond donors (Lipinski definition) is 2. The molecular weight excluding hydrogens is 318 g/mol. The van der Waals surface area contributed by atoms with Crippen LogP contribution in [-0.4, -0.2) is 60.7 Å². The van der Waals surface area contributed by atoms with Crippen molar-refractivity contribution in [2.45, 2.75) is 48.7 Å². The molecule has 3 rings (SSSR count). The minimum Gasteiger partial charge on any atom is -0.342 e. The van der Waals surface area contributed by atoms with Gasteiger partial charge < -0.3 is 10.2 Å². The predicted octanol–water partition coefficient (Wildman–Crippen LogP) is -0.560. The highest BCUT2D eigenvalue weighted by molar-refractivity contribution is 7.89. The number of amides is 1.